The van der Waals surface area contributed by atoms with Crippen LogP contribution >= 0.6 is 12.4 Å². The fraction of sp³-hybridized carbons (Fsp3) is 0.471. The Bertz CT molecular complexity index is 605. The third-order valence-corrected chi connectivity index (χ3v) is 4.32. The molecule has 0 radical (unpaired) electrons. The van der Waals surface area contributed by atoms with Crippen LogP contribution in [0, 0.1) is 5.92 Å². The van der Waals surface area contributed by atoms with Gasteiger partial charge in [0.25, 0.3) is 0 Å². The first-order valence-corrected chi connectivity index (χ1v) is 7.91. The number of para-hydroxylation sites is 1. The molecule has 0 aliphatic carbocycles. The van der Waals surface area contributed by atoms with Crippen molar-refractivity contribution in [3.05, 3.63) is 29.8 Å². The molecule has 6 nitrogen and oxygen atoms in total. The largest absolute Gasteiger partial charge is 0.324 e. The summed E-state index contributed by atoms with van der Waals surface area (Å²) in [5.41, 5.74) is 7.26. The molecule has 7 heteroatoms. The molecule has 0 aromatic heterocycles. The van der Waals surface area contributed by atoms with Crippen LogP contribution in [0.4, 0.5) is 5.69 Å². The lowest BCUT2D eigenvalue weighted by Crippen LogP contribution is -2.41. The van der Waals surface area contributed by atoms with Crippen LogP contribution in [0.5, 0.6) is 0 Å². The normalized spacial score (nSPS) is 16.5. The van der Waals surface area contributed by atoms with Crippen LogP contribution in [0.25, 0.3) is 0 Å². The topological polar surface area (TPSA) is 92.5 Å². The number of amides is 3. The van der Waals surface area contributed by atoms with Gasteiger partial charge >= 0.3 is 0 Å². The van der Waals surface area contributed by atoms with Gasteiger partial charge in [-0.3, -0.25) is 19.3 Å². The molecule has 0 saturated carbocycles. The monoisotopic (exact) mass is 353 g/mol. The van der Waals surface area contributed by atoms with Gasteiger partial charge in [-0.2, -0.15) is 0 Å². The van der Waals surface area contributed by atoms with E-state index in [1.807, 2.05) is 19.9 Å². The van der Waals surface area contributed by atoms with E-state index in [-0.39, 0.29) is 55.4 Å². The summed E-state index contributed by atoms with van der Waals surface area (Å²) in [7, 11) is 0. The zero-order valence-corrected chi connectivity index (χ0v) is 14.8. The Morgan fingerprint density at radius 1 is 1.25 bits per heavy atom. The molecule has 0 spiro atoms. The van der Waals surface area contributed by atoms with Crippen molar-refractivity contribution in [1.29, 1.82) is 0 Å². The van der Waals surface area contributed by atoms with Gasteiger partial charge in [0.1, 0.15) is 0 Å². The van der Waals surface area contributed by atoms with E-state index in [1.54, 1.807) is 18.2 Å². The van der Waals surface area contributed by atoms with Gasteiger partial charge in [0.2, 0.25) is 17.7 Å². The number of carbonyl (C=O) groups is 3. The van der Waals surface area contributed by atoms with E-state index < -0.39 is 6.04 Å². The van der Waals surface area contributed by atoms with Gasteiger partial charge < -0.3 is 11.1 Å². The van der Waals surface area contributed by atoms with Gasteiger partial charge in [0, 0.05) is 18.5 Å². The number of likely N-dealkylation sites (tertiary alicyclic amines) is 1. The van der Waals surface area contributed by atoms with Crippen molar-refractivity contribution in [3.8, 4) is 0 Å². The summed E-state index contributed by atoms with van der Waals surface area (Å²) in [6.45, 7) is 4.08. The highest BCUT2D eigenvalue weighted by Gasteiger charge is 2.29. The number of nitrogens with one attached hydrogen (secondary N) is 1. The molecule has 2 atom stereocenters. The number of hydrogen-bond acceptors (Lipinski definition) is 4. The standard InChI is InChI=1S/C17H23N3O3.ClH/c1-3-11(2)16(18)17(23)19-13-7-5-4-6-12(13)10-20-14(21)8-9-15(20)22;/h4-7,11,16H,3,8-10,18H2,1-2H3,(H,19,23);1H. The van der Waals surface area contributed by atoms with E-state index in [0.29, 0.717) is 5.69 Å². The molecular weight excluding hydrogens is 330 g/mol. The van der Waals surface area contributed by atoms with Crippen molar-refractivity contribution in [1.82, 2.24) is 4.90 Å². The quantitative estimate of drug-likeness (QED) is 0.766. The van der Waals surface area contributed by atoms with Gasteiger partial charge in [-0.15, -0.1) is 12.4 Å². The first-order valence-electron chi connectivity index (χ1n) is 7.91. The van der Waals surface area contributed by atoms with Crippen molar-refractivity contribution in [2.75, 3.05) is 5.32 Å². The number of hydrogen-bond donors (Lipinski definition) is 2. The number of anilines is 1. The Balaban J connectivity index is 0.00000288. The molecule has 1 aromatic carbocycles. The molecule has 24 heavy (non-hydrogen) atoms. The van der Waals surface area contributed by atoms with E-state index >= 15 is 0 Å². The maximum absolute atomic E-state index is 12.2. The first-order chi connectivity index (χ1) is 10.9. The molecule has 1 aromatic rings. The highest BCUT2D eigenvalue weighted by atomic mass is 35.5. The summed E-state index contributed by atoms with van der Waals surface area (Å²) in [5, 5.41) is 2.82. The van der Waals surface area contributed by atoms with Gasteiger partial charge in [0.15, 0.2) is 0 Å². The maximum Gasteiger partial charge on any atom is 0.241 e. The summed E-state index contributed by atoms with van der Waals surface area (Å²) in [4.78, 5) is 37.0. The molecule has 1 saturated heterocycles. The van der Waals surface area contributed by atoms with Crippen LogP contribution in [-0.4, -0.2) is 28.7 Å². The number of nitrogens with two attached hydrogens (primary N) is 1. The molecule has 3 N–H and O–H groups in total. The second-order valence-electron chi connectivity index (χ2n) is 5.93. The van der Waals surface area contributed by atoms with Gasteiger partial charge in [-0.25, -0.2) is 0 Å². The van der Waals surface area contributed by atoms with E-state index in [1.165, 1.54) is 4.90 Å². The second kappa shape index (κ2) is 8.80. The lowest BCUT2D eigenvalue weighted by Gasteiger charge is -2.20. The average Bonchev–Trinajstić information content (AvgIpc) is 2.86. The number of rotatable bonds is 6. The van der Waals surface area contributed by atoms with E-state index in [0.717, 1.165) is 12.0 Å². The molecule has 2 unspecified atom stereocenters. The average molecular weight is 354 g/mol. The maximum atomic E-state index is 12.2. The van der Waals surface area contributed by atoms with Gasteiger partial charge in [-0.05, 0) is 17.5 Å². The van der Waals surface area contributed by atoms with Crippen LogP contribution in [0.15, 0.2) is 24.3 Å². The van der Waals surface area contributed by atoms with Gasteiger partial charge in [-0.1, -0.05) is 38.5 Å². The number of carbonyl (C=O) groups excluding carboxylic acids is 3. The zero-order valence-electron chi connectivity index (χ0n) is 14.0. The molecule has 1 fully saturated rings. The lowest BCUT2D eigenvalue weighted by molar-refractivity contribution is -0.139. The Kier molecular flexibility index (Phi) is 7.38. The third kappa shape index (κ3) is 4.55. The molecule has 1 heterocycles. The summed E-state index contributed by atoms with van der Waals surface area (Å²) in [5.74, 6) is -0.533. The molecule has 2 rings (SSSR count). The molecule has 1 aliphatic rings. The highest BCUT2D eigenvalue weighted by Crippen LogP contribution is 2.22. The SMILES string of the molecule is CCC(C)C(N)C(=O)Nc1ccccc1CN1C(=O)CCC1=O.Cl. The van der Waals surface area contributed by atoms with Crippen LogP contribution in [0.2, 0.25) is 0 Å². The first kappa shape index (κ1) is 20.1. The van der Waals surface area contributed by atoms with E-state index in [2.05, 4.69) is 5.32 Å². The molecular formula is C17H24ClN3O3. The molecule has 1 aliphatic heterocycles. The van der Waals surface area contributed by atoms with Gasteiger partial charge in [0.05, 0.1) is 12.6 Å². The smallest absolute Gasteiger partial charge is 0.241 e. The minimum Gasteiger partial charge on any atom is -0.324 e. The van der Waals surface area contributed by atoms with Crippen molar-refractivity contribution in [2.45, 2.75) is 45.7 Å². The fourth-order valence-electron chi connectivity index (χ4n) is 2.48. The van der Waals surface area contributed by atoms with Crippen molar-refractivity contribution < 1.29 is 14.4 Å². The Morgan fingerprint density at radius 3 is 2.42 bits per heavy atom. The lowest BCUT2D eigenvalue weighted by atomic mass is 9.99. The summed E-state index contributed by atoms with van der Waals surface area (Å²) in [6.07, 6.45) is 1.32. The number of nitrogens with zero attached hydrogens (tertiary/aromatic N) is 1. The predicted octanol–water partition coefficient (Wildman–Crippen LogP) is 2.07. The van der Waals surface area contributed by atoms with Crippen LogP contribution in [-0.2, 0) is 20.9 Å². The molecule has 132 valence electrons. The van der Waals surface area contributed by atoms with Crippen LogP contribution < -0.4 is 11.1 Å². The Morgan fingerprint density at radius 2 is 1.83 bits per heavy atom. The Labute approximate surface area is 148 Å². The zero-order chi connectivity index (χ0) is 17.0. The van der Waals surface area contributed by atoms with Crippen LogP contribution in [0.1, 0.15) is 38.7 Å². The predicted molar refractivity (Wildman–Crippen MR) is 94.5 cm³/mol. The number of imide groups is 1. The number of halogens is 1. The van der Waals surface area contributed by atoms with Crippen LogP contribution in [0.3, 0.4) is 0 Å². The minimum atomic E-state index is -0.594. The van der Waals surface area contributed by atoms with Crippen molar-refractivity contribution >= 4 is 35.8 Å². The Hall–Kier alpha value is -1.92. The third-order valence-electron chi connectivity index (χ3n) is 4.32. The molecule has 0 bridgehead atoms. The summed E-state index contributed by atoms with van der Waals surface area (Å²) in [6, 6.07) is 6.56. The minimum absolute atomic E-state index is 0. The summed E-state index contributed by atoms with van der Waals surface area (Å²) < 4.78 is 0. The van der Waals surface area contributed by atoms with Crippen molar-refractivity contribution in [2.24, 2.45) is 11.7 Å². The molecule has 3 amide bonds. The second-order valence-corrected chi connectivity index (χ2v) is 5.93. The van der Waals surface area contributed by atoms with E-state index in [9.17, 15) is 14.4 Å². The van der Waals surface area contributed by atoms with Crippen molar-refractivity contribution in [3.63, 3.8) is 0 Å². The summed E-state index contributed by atoms with van der Waals surface area (Å²) >= 11 is 0. The highest BCUT2D eigenvalue weighted by molar-refractivity contribution is 6.02. The van der Waals surface area contributed by atoms with E-state index in [4.69, 9.17) is 5.73 Å². The number of benzene rings is 1. The fourth-order valence-corrected chi connectivity index (χ4v) is 2.48.